The van der Waals surface area contributed by atoms with Crippen LogP contribution in [-0.4, -0.2) is 23.0 Å². The molecule has 0 spiro atoms. The number of carbonyl (C=O) groups is 1. The molecule has 1 aromatic heterocycles. The third kappa shape index (κ3) is 1.77. The molecule has 0 bridgehead atoms. The molecule has 1 aromatic rings. The van der Waals surface area contributed by atoms with Gasteiger partial charge in [0.1, 0.15) is 17.2 Å². The summed E-state index contributed by atoms with van der Waals surface area (Å²) in [6, 6.07) is 0. The van der Waals surface area contributed by atoms with Crippen LogP contribution in [0, 0.1) is 6.92 Å². The Labute approximate surface area is 87.7 Å². The van der Waals surface area contributed by atoms with E-state index in [0.717, 1.165) is 18.7 Å². The number of esters is 1. The maximum atomic E-state index is 11.4. The summed E-state index contributed by atoms with van der Waals surface area (Å²) in [5, 5.41) is 0. The van der Waals surface area contributed by atoms with Gasteiger partial charge in [-0.25, -0.2) is 14.8 Å². The number of methoxy groups -OCH3 is 1. The van der Waals surface area contributed by atoms with Gasteiger partial charge in [-0.15, -0.1) is 0 Å². The maximum Gasteiger partial charge on any atom is 0.343 e. The Hall–Kier alpha value is -1.65. The van der Waals surface area contributed by atoms with Gasteiger partial charge in [0.15, 0.2) is 0 Å². The standard InChI is InChI=1S/C10H13N3O2/c1-5-7(10(14)15-2)8(11)13-9(12-5)6-3-4-6/h6H,3-4H2,1-2H3,(H2,11,12,13). The third-order valence-electron chi connectivity index (χ3n) is 2.47. The van der Waals surface area contributed by atoms with Crippen molar-refractivity contribution in [3.63, 3.8) is 0 Å². The normalized spacial score (nSPS) is 15.1. The van der Waals surface area contributed by atoms with Crippen LogP contribution in [0.15, 0.2) is 0 Å². The van der Waals surface area contributed by atoms with Gasteiger partial charge >= 0.3 is 5.97 Å². The number of nitrogens with zero attached hydrogens (tertiary/aromatic N) is 2. The average Bonchev–Trinajstić information content (AvgIpc) is 2.99. The summed E-state index contributed by atoms with van der Waals surface area (Å²) in [4.78, 5) is 19.8. The number of carbonyl (C=O) groups excluding carboxylic acids is 1. The minimum atomic E-state index is -0.479. The molecule has 0 aliphatic heterocycles. The van der Waals surface area contributed by atoms with E-state index in [1.165, 1.54) is 7.11 Å². The van der Waals surface area contributed by atoms with Gasteiger partial charge in [0, 0.05) is 5.92 Å². The highest BCUT2D eigenvalue weighted by Gasteiger charge is 2.28. The first-order chi connectivity index (χ1) is 7.13. The second-order valence-corrected chi connectivity index (χ2v) is 3.69. The second kappa shape index (κ2) is 3.49. The summed E-state index contributed by atoms with van der Waals surface area (Å²) in [7, 11) is 1.32. The van der Waals surface area contributed by atoms with Crippen molar-refractivity contribution in [2.24, 2.45) is 0 Å². The predicted octanol–water partition coefficient (Wildman–Crippen LogP) is 1.03. The summed E-state index contributed by atoms with van der Waals surface area (Å²) in [6.45, 7) is 1.75. The van der Waals surface area contributed by atoms with Crippen LogP contribution in [0.4, 0.5) is 5.82 Å². The Morgan fingerprint density at radius 3 is 2.60 bits per heavy atom. The molecule has 5 heteroatoms. The van der Waals surface area contributed by atoms with Crippen LogP contribution in [0.2, 0.25) is 0 Å². The topological polar surface area (TPSA) is 78.1 Å². The fourth-order valence-corrected chi connectivity index (χ4v) is 1.50. The van der Waals surface area contributed by atoms with E-state index in [0.29, 0.717) is 11.6 Å². The minimum Gasteiger partial charge on any atom is -0.465 e. The van der Waals surface area contributed by atoms with Crippen LogP contribution in [-0.2, 0) is 4.74 Å². The molecule has 2 rings (SSSR count). The predicted molar refractivity (Wildman–Crippen MR) is 54.5 cm³/mol. The lowest BCUT2D eigenvalue weighted by Crippen LogP contribution is -2.13. The molecule has 2 N–H and O–H groups in total. The van der Waals surface area contributed by atoms with E-state index in [4.69, 9.17) is 5.73 Å². The number of rotatable bonds is 2. The van der Waals surface area contributed by atoms with Crippen LogP contribution in [0.1, 0.15) is 40.6 Å². The molecule has 1 fully saturated rings. The molecule has 80 valence electrons. The molecule has 0 amide bonds. The number of nitrogens with two attached hydrogens (primary N) is 1. The molecule has 1 aliphatic carbocycles. The van der Waals surface area contributed by atoms with E-state index < -0.39 is 5.97 Å². The van der Waals surface area contributed by atoms with E-state index in [9.17, 15) is 4.79 Å². The molecular weight excluding hydrogens is 194 g/mol. The summed E-state index contributed by atoms with van der Waals surface area (Å²) in [5.41, 5.74) is 6.59. The molecule has 0 unspecified atom stereocenters. The zero-order valence-corrected chi connectivity index (χ0v) is 8.78. The smallest absolute Gasteiger partial charge is 0.343 e. The number of aromatic nitrogens is 2. The molecule has 1 aliphatic rings. The number of nitrogen functional groups attached to an aromatic ring is 1. The minimum absolute atomic E-state index is 0.219. The molecule has 15 heavy (non-hydrogen) atoms. The van der Waals surface area contributed by atoms with Gasteiger partial charge in [-0.05, 0) is 19.8 Å². The lowest BCUT2D eigenvalue weighted by molar-refractivity contribution is 0.0600. The van der Waals surface area contributed by atoms with E-state index in [1.54, 1.807) is 6.92 Å². The zero-order valence-electron chi connectivity index (χ0n) is 8.78. The monoisotopic (exact) mass is 207 g/mol. The van der Waals surface area contributed by atoms with Gasteiger partial charge in [0.2, 0.25) is 0 Å². The molecule has 0 aromatic carbocycles. The molecular formula is C10H13N3O2. The first-order valence-electron chi connectivity index (χ1n) is 4.85. The third-order valence-corrected chi connectivity index (χ3v) is 2.47. The summed E-state index contributed by atoms with van der Waals surface area (Å²) >= 11 is 0. The molecule has 0 atom stereocenters. The Bertz CT molecular complexity index is 390. The van der Waals surface area contributed by atoms with Gasteiger partial charge in [-0.3, -0.25) is 0 Å². The van der Waals surface area contributed by atoms with Crippen molar-refractivity contribution >= 4 is 11.8 Å². The number of hydrogen-bond donors (Lipinski definition) is 1. The van der Waals surface area contributed by atoms with Crippen molar-refractivity contribution in [3.8, 4) is 0 Å². The summed E-state index contributed by atoms with van der Waals surface area (Å²) in [5.74, 6) is 0.916. The average molecular weight is 207 g/mol. The van der Waals surface area contributed by atoms with Crippen LogP contribution in [0.3, 0.4) is 0 Å². The SMILES string of the molecule is COC(=O)c1c(C)nc(C2CC2)nc1N. The highest BCUT2D eigenvalue weighted by atomic mass is 16.5. The van der Waals surface area contributed by atoms with Crippen molar-refractivity contribution in [2.45, 2.75) is 25.7 Å². The van der Waals surface area contributed by atoms with Gasteiger partial charge in [-0.1, -0.05) is 0 Å². The van der Waals surface area contributed by atoms with Crippen LogP contribution >= 0.6 is 0 Å². The molecule has 0 saturated heterocycles. The lowest BCUT2D eigenvalue weighted by atomic mass is 10.2. The first kappa shape index (κ1) is 9.89. The van der Waals surface area contributed by atoms with Gasteiger partial charge < -0.3 is 10.5 Å². The second-order valence-electron chi connectivity index (χ2n) is 3.69. The van der Waals surface area contributed by atoms with Crippen molar-refractivity contribution in [2.75, 3.05) is 12.8 Å². The lowest BCUT2D eigenvalue weighted by Gasteiger charge is -2.07. The Balaban J connectivity index is 2.43. The van der Waals surface area contributed by atoms with E-state index >= 15 is 0 Å². The van der Waals surface area contributed by atoms with Gasteiger partial charge in [0.05, 0.1) is 12.8 Å². The fraction of sp³-hybridized carbons (Fsp3) is 0.500. The van der Waals surface area contributed by atoms with Gasteiger partial charge in [-0.2, -0.15) is 0 Å². The number of hydrogen-bond acceptors (Lipinski definition) is 5. The van der Waals surface area contributed by atoms with Crippen molar-refractivity contribution in [1.29, 1.82) is 0 Å². The van der Waals surface area contributed by atoms with Crippen LogP contribution in [0.5, 0.6) is 0 Å². The first-order valence-corrected chi connectivity index (χ1v) is 4.85. The Morgan fingerprint density at radius 2 is 2.13 bits per heavy atom. The van der Waals surface area contributed by atoms with Crippen LogP contribution in [0.25, 0.3) is 0 Å². The number of anilines is 1. The maximum absolute atomic E-state index is 11.4. The number of ether oxygens (including phenoxy) is 1. The van der Waals surface area contributed by atoms with Crippen molar-refractivity contribution in [1.82, 2.24) is 9.97 Å². The van der Waals surface area contributed by atoms with Gasteiger partial charge in [0.25, 0.3) is 0 Å². The van der Waals surface area contributed by atoms with E-state index in [-0.39, 0.29) is 11.4 Å². The highest BCUT2D eigenvalue weighted by molar-refractivity contribution is 5.95. The van der Waals surface area contributed by atoms with Crippen LogP contribution < -0.4 is 5.73 Å². The largest absolute Gasteiger partial charge is 0.465 e. The van der Waals surface area contributed by atoms with Crippen molar-refractivity contribution in [3.05, 3.63) is 17.1 Å². The Morgan fingerprint density at radius 1 is 1.47 bits per heavy atom. The molecule has 1 saturated carbocycles. The molecule has 1 heterocycles. The quantitative estimate of drug-likeness (QED) is 0.733. The summed E-state index contributed by atoms with van der Waals surface area (Å²) < 4.78 is 4.61. The fourth-order valence-electron chi connectivity index (χ4n) is 1.50. The number of aryl methyl sites for hydroxylation is 1. The molecule has 5 nitrogen and oxygen atoms in total. The van der Waals surface area contributed by atoms with E-state index in [2.05, 4.69) is 14.7 Å². The zero-order chi connectivity index (χ0) is 11.0. The highest BCUT2D eigenvalue weighted by Crippen LogP contribution is 2.38. The summed E-state index contributed by atoms with van der Waals surface area (Å²) in [6.07, 6.45) is 2.22. The van der Waals surface area contributed by atoms with Crippen molar-refractivity contribution < 1.29 is 9.53 Å². The molecule has 0 radical (unpaired) electrons. The Kier molecular flexibility index (Phi) is 2.30. The van der Waals surface area contributed by atoms with E-state index in [1.807, 2.05) is 0 Å².